The van der Waals surface area contributed by atoms with E-state index in [-0.39, 0.29) is 11.5 Å². The van der Waals surface area contributed by atoms with Crippen LogP contribution in [-0.2, 0) is 4.79 Å². The summed E-state index contributed by atoms with van der Waals surface area (Å²) in [4.78, 5) is 30.1. The first kappa shape index (κ1) is 17.0. The van der Waals surface area contributed by atoms with Crippen LogP contribution in [0.3, 0.4) is 0 Å². The molecule has 1 aliphatic heterocycles. The summed E-state index contributed by atoms with van der Waals surface area (Å²) in [5.41, 5.74) is 2.51. The maximum Gasteiger partial charge on any atom is 0.337 e. The number of carbonyl (C=O) groups is 2. The van der Waals surface area contributed by atoms with Crippen molar-refractivity contribution >= 4 is 40.6 Å². The number of thioether (sulfide) groups is 1. The molecule has 1 aliphatic rings. The minimum absolute atomic E-state index is 0.104. The third-order valence-corrected chi connectivity index (χ3v) is 4.79. The number of carboxylic acids is 1. The summed E-state index contributed by atoms with van der Waals surface area (Å²) in [5.74, 6) is -1.20. The Morgan fingerprint density at radius 1 is 1.16 bits per heavy atom. The molecular weight excluding hydrogens is 336 g/mol. The van der Waals surface area contributed by atoms with E-state index < -0.39 is 5.97 Å². The number of hydrogen-bond acceptors (Lipinski definition) is 4. The molecule has 0 radical (unpaired) electrons. The van der Waals surface area contributed by atoms with E-state index in [0.29, 0.717) is 15.8 Å². The number of nitrogens with zero attached hydrogens (tertiary/aromatic N) is 2. The van der Waals surface area contributed by atoms with Crippen molar-refractivity contribution in [3.05, 3.63) is 70.1 Å². The second-order valence-electron chi connectivity index (χ2n) is 5.60. The lowest BCUT2D eigenvalue weighted by atomic mass is 10.1. The largest absolute Gasteiger partial charge is 0.478 e. The van der Waals surface area contributed by atoms with Crippen molar-refractivity contribution in [3.8, 4) is 0 Å². The molecule has 1 heterocycles. The van der Waals surface area contributed by atoms with Gasteiger partial charge in [0.05, 0.1) is 16.2 Å². The number of aliphatic imine (C=N–C) groups is 1. The summed E-state index contributed by atoms with van der Waals surface area (Å²) in [6.07, 6.45) is 1.81. The van der Waals surface area contributed by atoms with Crippen LogP contribution >= 0.6 is 11.8 Å². The highest BCUT2D eigenvalue weighted by Gasteiger charge is 2.30. The van der Waals surface area contributed by atoms with Crippen molar-refractivity contribution in [2.75, 3.05) is 7.05 Å². The van der Waals surface area contributed by atoms with Gasteiger partial charge in [0, 0.05) is 7.05 Å². The van der Waals surface area contributed by atoms with Gasteiger partial charge in [-0.05, 0) is 42.5 Å². The number of aromatic carboxylic acids is 1. The van der Waals surface area contributed by atoms with Gasteiger partial charge in [-0.25, -0.2) is 9.79 Å². The number of benzene rings is 2. The van der Waals surface area contributed by atoms with Crippen LogP contribution in [0.2, 0.25) is 0 Å². The molecule has 0 bridgehead atoms. The molecule has 1 N–H and O–H groups in total. The molecule has 6 heteroatoms. The summed E-state index contributed by atoms with van der Waals surface area (Å²) < 4.78 is 0. The first-order valence-corrected chi connectivity index (χ1v) is 8.42. The molecule has 0 unspecified atom stereocenters. The Balaban J connectivity index is 1.94. The summed E-state index contributed by atoms with van der Waals surface area (Å²) >= 11 is 1.24. The van der Waals surface area contributed by atoms with E-state index >= 15 is 0 Å². The van der Waals surface area contributed by atoms with Gasteiger partial charge < -0.3 is 5.11 Å². The molecule has 0 spiro atoms. The van der Waals surface area contributed by atoms with E-state index in [1.165, 1.54) is 22.7 Å². The summed E-state index contributed by atoms with van der Waals surface area (Å²) in [7, 11) is 1.63. The molecule has 0 atom stereocenters. The molecular formula is C19H16N2O3S. The van der Waals surface area contributed by atoms with Crippen molar-refractivity contribution in [3.63, 3.8) is 0 Å². The number of amidine groups is 1. The van der Waals surface area contributed by atoms with Gasteiger partial charge in [0.25, 0.3) is 5.91 Å². The van der Waals surface area contributed by atoms with Crippen LogP contribution in [0.15, 0.2) is 58.4 Å². The molecule has 3 rings (SSSR count). The van der Waals surface area contributed by atoms with Crippen LogP contribution in [0.5, 0.6) is 0 Å². The van der Waals surface area contributed by atoms with E-state index in [1.807, 2.05) is 37.3 Å². The van der Waals surface area contributed by atoms with Crippen molar-refractivity contribution in [2.45, 2.75) is 6.92 Å². The highest BCUT2D eigenvalue weighted by Crippen LogP contribution is 2.33. The Morgan fingerprint density at radius 2 is 1.84 bits per heavy atom. The Morgan fingerprint density at radius 3 is 2.52 bits per heavy atom. The van der Waals surface area contributed by atoms with Crippen LogP contribution in [0.1, 0.15) is 21.5 Å². The Labute approximate surface area is 149 Å². The number of amides is 1. The zero-order chi connectivity index (χ0) is 18.0. The number of carboxylic acid groups (broad SMARTS) is 1. The SMILES string of the molecule is Cc1ccc(/C=C2\SC(=Nc3ccccc3C(=O)O)N(C)C2=O)cc1. The second-order valence-corrected chi connectivity index (χ2v) is 6.61. The third kappa shape index (κ3) is 3.64. The fraction of sp³-hybridized carbons (Fsp3) is 0.105. The standard InChI is InChI=1S/C19H16N2O3S/c1-12-7-9-13(10-8-12)11-16-17(22)21(2)19(25-16)20-15-6-4-3-5-14(15)18(23)24/h3-11H,1-2H3,(H,23,24)/b16-11-,20-19?. The molecule has 1 amide bonds. The van der Waals surface area contributed by atoms with Gasteiger partial charge in [-0.2, -0.15) is 0 Å². The van der Waals surface area contributed by atoms with E-state index in [1.54, 1.807) is 25.2 Å². The molecule has 1 fully saturated rings. The molecule has 0 aromatic heterocycles. The van der Waals surface area contributed by atoms with Gasteiger partial charge in [0.1, 0.15) is 0 Å². The molecule has 0 saturated carbocycles. The van der Waals surface area contributed by atoms with Crippen LogP contribution in [0, 0.1) is 6.92 Å². The predicted octanol–water partition coefficient (Wildman–Crippen LogP) is 3.93. The van der Waals surface area contributed by atoms with Gasteiger partial charge >= 0.3 is 5.97 Å². The van der Waals surface area contributed by atoms with Crippen LogP contribution in [0.25, 0.3) is 6.08 Å². The number of para-hydroxylation sites is 1. The topological polar surface area (TPSA) is 70.0 Å². The number of aryl methyl sites for hydroxylation is 1. The molecule has 2 aromatic rings. The average Bonchev–Trinajstić information content (AvgIpc) is 2.85. The quantitative estimate of drug-likeness (QED) is 0.850. The first-order chi connectivity index (χ1) is 12.0. The Bertz CT molecular complexity index is 901. The molecule has 126 valence electrons. The highest BCUT2D eigenvalue weighted by molar-refractivity contribution is 8.18. The van der Waals surface area contributed by atoms with Gasteiger partial charge in [-0.1, -0.05) is 42.0 Å². The smallest absolute Gasteiger partial charge is 0.337 e. The monoisotopic (exact) mass is 352 g/mol. The second kappa shape index (κ2) is 6.94. The average molecular weight is 352 g/mol. The van der Waals surface area contributed by atoms with Crippen LogP contribution < -0.4 is 0 Å². The van der Waals surface area contributed by atoms with Crippen molar-refractivity contribution < 1.29 is 14.7 Å². The fourth-order valence-electron chi connectivity index (χ4n) is 2.32. The zero-order valence-electron chi connectivity index (χ0n) is 13.8. The minimum atomic E-state index is -1.05. The maximum absolute atomic E-state index is 12.4. The first-order valence-electron chi connectivity index (χ1n) is 7.61. The van der Waals surface area contributed by atoms with Crippen molar-refractivity contribution in [1.82, 2.24) is 4.90 Å². The lowest BCUT2D eigenvalue weighted by Crippen LogP contribution is -2.23. The normalized spacial score (nSPS) is 17.5. The highest BCUT2D eigenvalue weighted by atomic mass is 32.2. The van der Waals surface area contributed by atoms with Gasteiger partial charge in [-0.15, -0.1) is 0 Å². The summed E-state index contributed by atoms with van der Waals surface area (Å²) in [5, 5.41) is 9.71. The van der Waals surface area contributed by atoms with E-state index in [9.17, 15) is 14.7 Å². The zero-order valence-corrected chi connectivity index (χ0v) is 14.6. The van der Waals surface area contributed by atoms with Crippen molar-refractivity contribution in [1.29, 1.82) is 0 Å². The molecule has 25 heavy (non-hydrogen) atoms. The van der Waals surface area contributed by atoms with E-state index in [0.717, 1.165) is 11.1 Å². The Kier molecular flexibility index (Phi) is 4.72. The number of hydrogen-bond donors (Lipinski definition) is 1. The van der Waals surface area contributed by atoms with Gasteiger partial charge in [-0.3, -0.25) is 9.69 Å². The number of rotatable bonds is 3. The molecule has 5 nitrogen and oxygen atoms in total. The predicted molar refractivity (Wildman–Crippen MR) is 100 cm³/mol. The molecule has 2 aromatic carbocycles. The van der Waals surface area contributed by atoms with Crippen LogP contribution in [0.4, 0.5) is 5.69 Å². The number of likely N-dealkylation sites (N-methyl/N-ethyl adjacent to an activating group) is 1. The van der Waals surface area contributed by atoms with E-state index in [4.69, 9.17) is 0 Å². The fourth-order valence-corrected chi connectivity index (χ4v) is 3.30. The van der Waals surface area contributed by atoms with Gasteiger partial charge in [0.2, 0.25) is 0 Å². The summed E-state index contributed by atoms with van der Waals surface area (Å²) in [6, 6.07) is 14.3. The lowest BCUT2D eigenvalue weighted by molar-refractivity contribution is -0.121. The van der Waals surface area contributed by atoms with E-state index in [2.05, 4.69) is 4.99 Å². The maximum atomic E-state index is 12.4. The lowest BCUT2D eigenvalue weighted by Gasteiger charge is -2.08. The number of carbonyl (C=O) groups excluding carboxylic acids is 1. The molecule has 1 saturated heterocycles. The summed E-state index contributed by atoms with van der Waals surface area (Å²) in [6.45, 7) is 2.00. The third-order valence-electron chi connectivity index (χ3n) is 3.73. The molecule has 0 aliphatic carbocycles. The Hall–Kier alpha value is -2.86. The minimum Gasteiger partial charge on any atom is -0.478 e. The van der Waals surface area contributed by atoms with Crippen LogP contribution in [-0.4, -0.2) is 34.1 Å². The van der Waals surface area contributed by atoms with Gasteiger partial charge in [0.15, 0.2) is 5.17 Å². The van der Waals surface area contributed by atoms with Crippen molar-refractivity contribution in [2.24, 2.45) is 4.99 Å².